The number of hydrogen-bond donors (Lipinski definition) is 0. The summed E-state index contributed by atoms with van der Waals surface area (Å²) < 4.78 is 7.51. The van der Waals surface area contributed by atoms with Gasteiger partial charge in [-0.15, -0.1) is 11.3 Å². The lowest BCUT2D eigenvalue weighted by Crippen LogP contribution is -2.47. The van der Waals surface area contributed by atoms with E-state index in [1.807, 2.05) is 29.2 Å². The number of amides is 1. The molecule has 0 atom stereocenters. The number of methoxy groups -OCH3 is 1. The van der Waals surface area contributed by atoms with Gasteiger partial charge < -0.3 is 14.2 Å². The molecule has 8 heteroatoms. The fourth-order valence-electron chi connectivity index (χ4n) is 3.29. The Kier molecular flexibility index (Phi) is 7.67. The zero-order valence-corrected chi connectivity index (χ0v) is 18.0. The van der Waals surface area contributed by atoms with Crippen molar-refractivity contribution < 1.29 is 9.53 Å². The van der Waals surface area contributed by atoms with Gasteiger partial charge in [-0.05, 0) is 24.6 Å². The smallest absolute Gasteiger partial charge is 0.219 e. The van der Waals surface area contributed by atoms with Crippen molar-refractivity contribution >= 4 is 34.5 Å². The normalized spacial score (nSPS) is 16.0. The molecule has 0 spiro atoms. The van der Waals surface area contributed by atoms with Crippen LogP contribution in [0.2, 0.25) is 5.02 Å². The zero-order chi connectivity index (χ0) is 19.9. The van der Waals surface area contributed by atoms with Crippen LogP contribution >= 0.6 is 22.9 Å². The summed E-state index contributed by atoms with van der Waals surface area (Å²) in [4.78, 5) is 21.6. The molecule has 0 unspecified atom stereocenters. The molecular formula is C20H27ClN4O2S. The molecule has 2 aromatic rings. The van der Waals surface area contributed by atoms with Crippen molar-refractivity contribution in [1.82, 2.24) is 14.4 Å². The Morgan fingerprint density at radius 1 is 1.29 bits per heavy atom. The molecule has 152 valence electrons. The molecule has 1 aromatic carbocycles. The highest BCUT2D eigenvalue weighted by Gasteiger charge is 2.19. The summed E-state index contributed by atoms with van der Waals surface area (Å²) in [6, 6.07) is 7.61. The van der Waals surface area contributed by atoms with Gasteiger partial charge in [-0.3, -0.25) is 9.69 Å². The summed E-state index contributed by atoms with van der Waals surface area (Å²) in [6.07, 6.45) is 0.932. The number of hydrogen-bond acceptors (Lipinski definition) is 5. The van der Waals surface area contributed by atoms with E-state index < -0.39 is 0 Å². The molecular weight excluding hydrogens is 396 g/mol. The molecule has 1 amide bonds. The van der Waals surface area contributed by atoms with E-state index in [1.54, 1.807) is 25.4 Å². The number of carbonyl (C=O) groups is 1. The number of nitrogens with zero attached hydrogens (tertiary/aromatic N) is 4. The maximum Gasteiger partial charge on any atom is 0.219 e. The number of carbonyl (C=O) groups excluding carboxylic acids is 1. The molecule has 0 N–H and O–H groups in total. The lowest BCUT2D eigenvalue weighted by Gasteiger charge is -2.34. The Bertz CT molecular complexity index is 856. The molecule has 1 fully saturated rings. The van der Waals surface area contributed by atoms with Crippen LogP contribution in [0.5, 0.6) is 0 Å². The molecule has 0 saturated carbocycles. The third kappa shape index (κ3) is 5.67. The van der Waals surface area contributed by atoms with Crippen molar-refractivity contribution in [3.8, 4) is 0 Å². The number of benzene rings is 1. The number of thiazole rings is 1. The van der Waals surface area contributed by atoms with E-state index in [4.69, 9.17) is 21.3 Å². The monoisotopic (exact) mass is 422 g/mol. The van der Waals surface area contributed by atoms with Crippen LogP contribution in [-0.4, -0.2) is 60.2 Å². The van der Waals surface area contributed by atoms with E-state index in [9.17, 15) is 4.79 Å². The first-order valence-electron chi connectivity index (χ1n) is 9.51. The quantitative estimate of drug-likeness (QED) is 0.644. The number of piperazine rings is 1. The molecule has 1 saturated heterocycles. The van der Waals surface area contributed by atoms with Gasteiger partial charge in [0, 0.05) is 76.0 Å². The highest BCUT2D eigenvalue weighted by molar-refractivity contribution is 7.07. The average Bonchev–Trinajstić information content (AvgIpc) is 3.04. The van der Waals surface area contributed by atoms with Crippen molar-refractivity contribution in [2.45, 2.75) is 26.4 Å². The van der Waals surface area contributed by atoms with Gasteiger partial charge in [0.2, 0.25) is 5.91 Å². The van der Waals surface area contributed by atoms with Crippen LogP contribution in [-0.2, 0) is 22.6 Å². The largest absolute Gasteiger partial charge is 0.385 e. The molecule has 1 aliphatic rings. The molecule has 0 bridgehead atoms. The Balaban J connectivity index is 1.79. The summed E-state index contributed by atoms with van der Waals surface area (Å²) in [6.45, 7) is 7.46. The highest BCUT2D eigenvalue weighted by atomic mass is 35.5. The first kappa shape index (κ1) is 21.0. The van der Waals surface area contributed by atoms with Gasteiger partial charge in [0.25, 0.3) is 0 Å². The number of rotatable bonds is 7. The number of aromatic nitrogens is 1. The molecule has 1 aromatic heterocycles. The minimum Gasteiger partial charge on any atom is -0.385 e. The van der Waals surface area contributed by atoms with Gasteiger partial charge in [-0.25, -0.2) is 4.99 Å². The van der Waals surface area contributed by atoms with Crippen molar-refractivity contribution in [3.63, 3.8) is 0 Å². The predicted octanol–water partition coefficient (Wildman–Crippen LogP) is 3.14. The molecule has 2 heterocycles. The third-order valence-corrected chi connectivity index (χ3v) is 5.99. The first-order chi connectivity index (χ1) is 13.6. The maximum atomic E-state index is 11.5. The van der Waals surface area contributed by atoms with Crippen molar-refractivity contribution in [1.29, 1.82) is 0 Å². The first-order valence-corrected chi connectivity index (χ1v) is 10.8. The molecule has 0 aliphatic carbocycles. The highest BCUT2D eigenvalue weighted by Crippen LogP contribution is 2.18. The topological polar surface area (TPSA) is 50.1 Å². The lowest BCUT2D eigenvalue weighted by molar-refractivity contribution is -0.130. The summed E-state index contributed by atoms with van der Waals surface area (Å²) in [5.41, 5.74) is 2.11. The van der Waals surface area contributed by atoms with Crippen molar-refractivity contribution in [3.05, 3.63) is 45.2 Å². The Hall–Kier alpha value is -1.67. The van der Waals surface area contributed by atoms with Crippen molar-refractivity contribution in [2.75, 3.05) is 39.9 Å². The molecule has 3 rings (SSSR count). The van der Waals surface area contributed by atoms with E-state index in [0.29, 0.717) is 5.02 Å². The second-order valence-electron chi connectivity index (χ2n) is 6.88. The van der Waals surface area contributed by atoms with Gasteiger partial charge in [-0.1, -0.05) is 17.7 Å². The SMILES string of the molecule is COCCCn1c(CN2CCN(C(C)=O)CC2)csc1=Nc1cccc(Cl)c1. The zero-order valence-electron chi connectivity index (χ0n) is 16.4. The number of halogens is 1. The van der Waals surface area contributed by atoms with E-state index >= 15 is 0 Å². The molecule has 28 heavy (non-hydrogen) atoms. The van der Waals surface area contributed by atoms with Crippen LogP contribution in [0.25, 0.3) is 0 Å². The van der Waals surface area contributed by atoms with Gasteiger partial charge in [-0.2, -0.15) is 0 Å². The van der Waals surface area contributed by atoms with E-state index in [2.05, 4.69) is 14.8 Å². The average molecular weight is 423 g/mol. The van der Waals surface area contributed by atoms with Crippen LogP contribution in [0.1, 0.15) is 19.0 Å². The van der Waals surface area contributed by atoms with Gasteiger partial charge in [0.15, 0.2) is 4.80 Å². The lowest BCUT2D eigenvalue weighted by atomic mass is 10.3. The van der Waals surface area contributed by atoms with Crippen LogP contribution in [0.15, 0.2) is 34.6 Å². The Labute approximate surface area is 175 Å². The summed E-state index contributed by atoms with van der Waals surface area (Å²) >= 11 is 7.76. The van der Waals surface area contributed by atoms with Gasteiger partial charge in [0.1, 0.15) is 0 Å². The summed E-state index contributed by atoms with van der Waals surface area (Å²) in [5.74, 6) is 0.160. The standard InChI is InChI=1S/C20H27ClN4O2S/c1-16(26)24-10-8-23(9-11-24)14-19-15-28-20(25(19)7-4-12-27-2)22-18-6-3-5-17(21)13-18/h3,5-6,13,15H,4,7-12,14H2,1-2H3. The Morgan fingerprint density at radius 2 is 2.07 bits per heavy atom. The fraction of sp³-hybridized carbons (Fsp3) is 0.500. The molecule has 0 radical (unpaired) electrons. The second kappa shape index (κ2) is 10.2. The fourth-order valence-corrected chi connectivity index (χ4v) is 4.41. The third-order valence-electron chi connectivity index (χ3n) is 4.84. The van der Waals surface area contributed by atoms with E-state index in [1.165, 1.54) is 5.69 Å². The van der Waals surface area contributed by atoms with Crippen LogP contribution < -0.4 is 4.80 Å². The molecule has 6 nitrogen and oxygen atoms in total. The maximum absolute atomic E-state index is 11.5. The summed E-state index contributed by atoms with van der Waals surface area (Å²) in [5, 5.41) is 2.88. The second-order valence-corrected chi connectivity index (χ2v) is 8.15. The minimum absolute atomic E-state index is 0.160. The van der Waals surface area contributed by atoms with Crippen molar-refractivity contribution in [2.24, 2.45) is 4.99 Å². The van der Waals surface area contributed by atoms with E-state index in [0.717, 1.165) is 62.8 Å². The van der Waals surface area contributed by atoms with E-state index in [-0.39, 0.29) is 5.91 Å². The van der Waals surface area contributed by atoms with Gasteiger partial charge in [0.05, 0.1) is 5.69 Å². The predicted molar refractivity (Wildman–Crippen MR) is 113 cm³/mol. The molecule has 1 aliphatic heterocycles. The van der Waals surface area contributed by atoms with Crippen LogP contribution in [0.4, 0.5) is 5.69 Å². The van der Waals surface area contributed by atoms with Crippen LogP contribution in [0, 0.1) is 0 Å². The minimum atomic E-state index is 0.160. The Morgan fingerprint density at radius 3 is 2.75 bits per heavy atom. The summed E-state index contributed by atoms with van der Waals surface area (Å²) in [7, 11) is 1.73. The number of ether oxygens (including phenoxy) is 1. The van der Waals surface area contributed by atoms with Crippen LogP contribution in [0.3, 0.4) is 0 Å². The van der Waals surface area contributed by atoms with Gasteiger partial charge >= 0.3 is 0 Å².